The molecule has 1 aliphatic carbocycles. The van der Waals surface area contributed by atoms with Crippen LogP contribution in [0.15, 0.2) is 35.1 Å². The van der Waals surface area contributed by atoms with Crippen LogP contribution < -0.4 is 16.2 Å². The first-order valence-electron chi connectivity index (χ1n) is 8.90. The molecule has 0 radical (unpaired) electrons. The van der Waals surface area contributed by atoms with Gasteiger partial charge in [-0.2, -0.15) is 0 Å². The van der Waals surface area contributed by atoms with Crippen molar-refractivity contribution in [1.29, 1.82) is 0 Å². The van der Waals surface area contributed by atoms with E-state index in [0.717, 1.165) is 17.8 Å². The number of hydrogen-bond acceptors (Lipinski definition) is 2. The minimum absolute atomic E-state index is 0.0907. The zero-order valence-electron chi connectivity index (χ0n) is 15.1. The van der Waals surface area contributed by atoms with Gasteiger partial charge in [0, 0.05) is 13.1 Å². The van der Waals surface area contributed by atoms with Crippen LogP contribution in [-0.4, -0.2) is 20.5 Å². The van der Waals surface area contributed by atoms with E-state index in [1.807, 2.05) is 49.0 Å². The van der Waals surface area contributed by atoms with Crippen LogP contribution in [0.25, 0.3) is 5.69 Å². The number of benzene rings is 1. The van der Waals surface area contributed by atoms with Crippen molar-refractivity contribution in [2.24, 2.45) is 13.0 Å². The van der Waals surface area contributed by atoms with E-state index in [1.54, 1.807) is 4.68 Å². The van der Waals surface area contributed by atoms with Gasteiger partial charge in [0.05, 0.1) is 11.4 Å². The molecule has 3 rings (SSSR count). The molecule has 2 atom stereocenters. The Morgan fingerprint density at radius 3 is 2.56 bits per heavy atom. The molecular formula is C19H26N4OS. The number of hydrogen-bond donors (Lipinski definition) is 2. The van der Waals surface area contributed by atoms with Crippen molar-refractivity contribution in [3.63, 3.8) is 0 Å². The lowest BCUT2D eigenvalue weighted by molar-refractivity contribution is 0.309. The first-order chi connectivity index (χ1) is 12.0. The second-order valence-electron chi connectivity index (χ2n) is 6.90. The summed E-state index contributed by atoms with van der Waals surface area (Å²) < 4.78 is 3.51. The summed E-state index contributed by atoms with van der Waals surface area (Å²) in [5.74, 6) is 0.603. The maximum Gasteiger partial charge on any atom is 0.295 e. The van der Waals surface area contributed by atoms with Gasteiger partial charge in [0.1, 0.15) is 5.69 Å². The summed E-state index contributed by atoms with van der Waals surface area (Å²) in [6.45, 7) is 4.19. The first-order valence-corrected chi connectivity index (χ1v) is 9.31. The standard InChI is InChI=1S/C19H26N4OS/c1-13-9-7-8-12-16(13)20-19(25)21-17-14(2)22(3)23(18(17)24)15-10-5-4-6-11-15/h4-6,10-11,13,16H,7-9,12H2,1-3H3,(H2,20,21,25)/t13-,16-/m0/s1. The lowest BCUT2D eigenvalue weighted by atomic mass is 9.86. The van der Waals surface area contributed by atoms with E-state index >= 15 is 0 Å². The van der Waals surface area contributed by atoms with Gasteiger partial charge < -0.3 is 10.6 Å². The molecule has 0 amide bonds. The van der Waals surface area contributed by atoms with E-state index in [9.17, 15) is 4.79 Å². The first kappa shape index (κ1) is 17.7. The molecule has 0 bridgehead atoms. The van der Waals surface area contributed by atoms with Crippen LogP contribution in [-0.2, 0) is 7.05 Å². The molecule has 5 nitrogen and oxygen atoms in total. The smallest absolute Gasteiger partial charge is 0.295 e. The lowest BCUT2D eigenvalue weighted by Gasteiger charge is -2.30. The molecule has 25 heavy (non-hydrogen) atoms. The van der Waals surface area contributed by atoms with Crippen molar-refractivity contribution in [2.75, 3.05) is 5.32 Å². The number of aromatic nitrogens is 2. The summed E-state index contributed by atoms with van der Waals surface area (Å²) in [6.07, 6.45) is 4.88. The van der Waals surface area contributed by atoms with Crippen LogP contribution in [0, 0.1) is 12.8 Å². The molecule has 1 aromatic carbocycles. The average Bonchev–Trinajstić information content (AvgIpc) is 2.81. The monoisotopic (exact) mass is 358 g/mol. The van der Waals surface area contributed by atoms with Gasteiger partial charge in [-0.3, -0.25) is 9.48 Å². The predicted molar refractivity (Wildman–Crippen MR) is 107 cm³/mol. The zero-order valence-corrected chi connectivity index (χ0v) is 15.9. The van der Waals surface area contributed by atoms with Crippen molar-refractivity contribution in [1.82, 2.24) is 14.7 Å². The maximum atomic E-state index is 12.9. The summed E-state index contributed by atoms with van der Waals surface area (Å²) >= 11 is 5.48. The Labute approximate surface area is 154 Å². The topological polar surface area (TPSA) is 51.0 Å². The fourth-order valence-electron chi connectivity index (χ4n) is 3.56. The van der Waals surface area contributed by atoms with Crippen molar-refractivity contribution in [2.45, 2.75) is 45.6 Å². The van der Waals surface area contributed by atoms with E-state index in [4.69, 9.17) is 12.2 Å². The zero-order chi connectivity index (χ0) is 18.0. The molecule has 0 saturated heterocycles. The van der Waals surface area contributed by atoms with Crippen molar-refractivity contribution < 1.29 is 0 Å². The van der Waals surface area contributed by atoms with Crippen LogP contribution in [0.2, 0.25) is 0 Å². The third-order valence-corrected chi connectivity index (χ3v) is 5.44. The molecule has 1 aromatic heterocycles. The number of nitrogens with zero attached hydrogens (tertiary/aromatic N) is 2. The quantitative estimate of drug-likeness (QED) is 0.826. The van der Waals surface area contributed by atoms with Gasteiger partial charge in [0.2, 0.25) is 0 Å². The number of anilines is 1. The van der Waals surface area contributed by atoms with Crippen molar-refractivity contribution >= 4 is 23.0 Å². The summed E-state index contributed by atoms with van der Waals surface area (Å²) in [5.41, 5.74) is 2.14. The summed E-state index contributed by atoms with van der Waals surface area (Å²) in [6, 6.07) is 10.0. The van der Waals surface area contributed by atoms with Crippen molar-refractivity contribution in [3.8, 4) is 5.69 Å². The number of para-hydroxylation sites is 1. The van der Waals surface area contributed by atoms with Gasteiger partial charge in [-0.05, 0) is 50.0 Å². The molecular weight excluding hydrogens is 332 g/mol. The van der Waals surface area contributed by atoms with Gasteiger partial charge >= 0.3 is 0 Å². The van der Waals surface area contributed by atoms with E-state index in [1.165, 1.54) is 19.3 Å². The van der Waals surface area contributed by atoms with Crippen LogP contribution in [0.3, 0.4) is 0 Å². The van der Waals surface area contributed by atoms with Crippen molar-refractivity contribution in [3.05, 3.63) is 46.4 Å². The van der Waals surface area contributed by atoms with E-state index < -0.39 is 0 Å². The Bertz CT molecular complexity index is 809. The van der Waals surface area contributed by atoms with Gasteiger partial charge in [-0.25, -0.2) is 4.68 Å². The molecule has 1 saturated carbocycles. The highest BCUT2D eigenvalue weighted by Crippen LogP contribution is 2.24. The number of thiocarbonyl (C=S) groups is 1. The Morgan fingerprint density at radius 2 is 1.88 bits per heavy atom. The minimum Gasteiger partial charge on any atom is -0.359 e. The average molecular weight is 359 g/mol. The summed E-state index contributed by atoms with van der Waals surface area (Å²) in [7, 11) is 1.88. The highest BCUT2D eigenvalue weighted by atomic mass is 32.1. The maximum absolute atomic E-state index is 12.9. The third-order valence-electron chi connectivity index (χ3n) is 5.22. The van der Waals surface area contributed by atoms with Gasteiger partial charge in [0.25, 0.3) is 5.56 Å². The fourth-order valence-corrected chi connectivity index (χ4v) is 3.81. The lowest BCUT2D eigenvalue weighted by Crippen LogP contribution is -2.43. The molecule has 0 aliphatic heterocycles. The predicted octanol–water partition coefficient (Wildman–Crippen LogP) is 3.35. The Hall–Kier alpha value is -2.08. The number of rotatable bonds is 3. The van der Waals surface area contributed by atoms with Crippen LogP contribution in [0.5, 0.6) is 0 Å². The minimum atomic E-state index is -0.0907. The largest absolute Gasteiger partial charge is 0.359 e. The molecule has 1 aliphatic rings. The van der Waals surface area contributed by atoms with Gasteiger partial charge in [-0.1, -0.05) is 38.0 Å². The van der Waals surface area contributed by atoms with Crippen LogP contribution in [0.4, 0.5) is 5.69 Å². The van der Waals surface area contributed by atoms with Gasteiger partial charge in [0.15, 0.2) is 5.11 Å². The fraction of sp³-hybridized carbons (Fsp3) is 0.474. The molecule has 6 heteroatoms. The van der Waals surface area contributed by atoms with E-state index in [-0.39, 0.29) is 5.56 Å². The normalized spacial score (nSPS) is 20.3. The third kappa shape index (κ3) is 3.63. The van der Waals surface area contributed by atoms with E-state index in [0.29, 0.717) is 22.8 Å². The molecule has 0 unspecified atom stereocenters. The van der Waals surface area contributed by atoms with Crippen LogP contribution in [0.1, 0.15) is 38.3 Å². The highest BCUT2D eigenvalue weighted by molar-refractivity contribution is 7.80. The second kappa shape index (κ2) is 7.44. The van der Waals surface area contributed by atoms with Crippen LogP contribution >= 0.6 is 12.2 Å². The summed E-state index contributed by atoms with van der Waals surface area (Å²) in [4.78, 5) is 12.9. The highest BCUT2D eigenvalue weighted by Gasteiger charge is 2.23. The molecule has 134 valence electrons. The molecule has 1 heterocycles. The second-order valence-corrected chi connectivity index (χ2v) is 7.31. The molecule has 2 aromatic rings. The Morgan fingerprint density at radius 1 is 1.20 bits per heavy atom. The SMILES string of the molecule is Cc1c(NC(=S)N[C@H]2CCCC[C@@H]2C)c(=O)n(-c2ccccc2)n1C. The molecule has 0 spiro atoms. The van der Waals surface area contributed by atoms with E-state index in [2.05, 4.69) is 17.6 Å². The Balaban J connectivity index is 1.81. The molecule has 2 N–H and O–H groups in total. The van der Waals surface area contributed by atoms with Gasteiger partial charge in [-0.15, -0.1) is 0 Å². The number of nitrogens with one attached hydrogen (secondary N) is 2. The molecule has 1 fully saturated rings. The summed E-state index contributed by atoms with van der Waals surface area (Å²) in [5, 5.41) is 7.08. The Kier molecular flexibility index (Phi) is 5.27.